The summed E-state index contributed by atoms with van der Waals surface area (Å²) in [6.45, 7) is 2.07. The van der Waals surface area contributed by atoms with E-state index in [9.17, 15) is 9.59 Å². The molecule has 0 aliphatic heterocycles. The van der Waals surface area contributed by atoms with Crippen molar-refractivity contribution < 1.29 is 14.3 Å². The lowest BCUT2D eigenvalue weighted by Crippen LogP contribution is -2.18. The zero-order valence-corrected chi connectivity index (χ0v) is 18.4. The van der Waals surface area contributed by atoms with E-state index in [1.807, 2.05) is 6.08 Å². The van der Waals surface area contributed by atoms with Crippen molar-refractivity contribution in [2.75, 3.05) is 12.4 Å². The van der Waals surface area contributed by atoms with Crippen LogP contribution in [-0.4, -0.2) is 23.8 Å². The topological polar surface area (TPSA) is 80.3 Å². The van der Waals surface area contributed by atoms with Gasteiger partial charge in [0.2, 0.25) is 5.91 Å². The van der Waals surface area contributed by atoms with Gasteiger partial charge in [0.05, 0.1) is 0 Å². The number of carbonyl (C=O) groups excluding carboxylic acids is 2. The van der Waals surface area contributed by atoms with E-state index in [2.05, 4.69) is 46.8 Å². The number of hydrogen-bond acceptors (Lipinski definition) is 5. The van der Waals surface area contributed by atoms with Crippen molar-refractivity contribution in [3.8, 4) is 11.5 Å². The van der Waals surface area contributed by atoms with Crippen molar-refractivity contribution in [1.29, 1.82) is 0 Å². The van der Waals surface area contributed by atoms with Crippen molar-refractivity contribution in [3.63, 3.8) is 0 Å². The first-order chi connectivity index (χ1) is 15.5. The van der Waals surface area contributed by atoms with Crippen LogP contribution < -0.4 is 15.4 Å². The maximum Gasteiger partial charge on any atom is 0.269 e. The van der Waals surface area contributed by atoms with Crippen LogP contribution in [0, 0.1) is 6.92 Å². The van der Waals surface area contributed by atoms with Crippen LogP contribution in [0.25, 0.3) is 16.2 Å². The largest absolute Gasteiger partial charge is 0.457 e. The number of hydrogen-bond donors (Lipinski definition) is 2. The normalized spacial score (nSPS) is 10.9. The number of thiophene rings is 1. The minimum atomic E-state index is -0.285. The van der Waals surface area contributed by atoms with Gasteiger partial charge in [0.15, 0.2) is 0 Å². The number of amides is 2. The van der Waals surface area contributed by atoms with E-state index in [1.165, 1.54) is 27.9 Å². The van der Waals surface area contributed by atoms with Crippen LogP contribution in [0.1, 0.15) is 20.9 Å². The number of nitrogens with zero attached hydrogens (tertiary/aromatic N) is 1. The Kier molecular flexibility index (Phi) is 6.28. The van der Waals surface area contributed by atoms with Gasteiger partial charge in [-0.2, -0.15) is 0 Å². The van der Waals surface area contributed by atoms with E-state index >= 15 is 0 Å². The second kappa shape index (κ2) is 9.45. The molecule has 6 nitrogen and oxygen atoms in total. The number of aryl methyl sites for hydroxylation is 1. The number of ether oxygens (including phenoxy) is 1. The molecule has 0 aliphatic carbocycles. The fourth-order valence-corrected chi connectivity index (χ4v) is 4.02. The highest BCUT2D eigenvalue weighted by Gasteiger charge is 2.07. The summed E-state index contributed by atoms with van der Waals surface area (Å²) in [5.41, 5.74) is 2.14. The number of aromatic nitrogens is 1. The summed E-state index contributed by atoms with van der Waals surface area (Å²) in [6.07, 6.45) is 4.86. The number of benzene rings is 2. The molecule has 2 aromatic carbocycles. The third kappa shape index (κ3) is 5.19. The fraction of sp³-hybridized carbons (Fsp3) is 0.0800. The van der Waals surface area contributed by atoms with Crippen LogP contribution >= 0.6 is 11.3 Å². The van der Waals surface area contributed by atoms with E-state index in [1.54, 1.807) is 54.8 Å². The first-order valence-corrected chi connectivity index (χ1v) is 10.8. The van der Waals surface area contributed by atoms with Crippen molar-refractivity contribution in [1.82, 2.24) is 10.3 Å². The van der Waals surface area contributed by atoms with E-state index in [4.69, 9.17) is 4.74 Å². The lowest BCUT2D eigenvalue weighted by molar-refractivity contribution is -0.111. The lowest BCUT2D eigenvalue weighted by Gasteiger charge is -2.08. The summed E-state index contributed by atoms with van der Waals surface area (Å²) in [5, 5.41) is 6.55. The summed E-state index contributed by atoms with van der Waals surface area (Å²) < 4.78 is 6.97. The Bertz CT molecular complexity index is 1310. The summed E-state index contributed by atoms with van der Waals surface area (Å²) in [7, 11) is 1.54. The maximum atomic E-state index is 12.3. The van der Waals surface area contributed by atoms with Gasteiger partial charge in [-0.15, -0.1) is 11.3 Å². The average Bonchev–Trinajstić information content (AvgIpc) is 3.20. The molecule has 0 atom stereocenters. The van der Waals surface area contributed by atoms with E-state index in [0.29, 0.717) is 17.2 Å². The van der Waals surface area contributed by atoms with Gasteiger partial charge in [-0.05, 0) is 60.9 Å². The highest BCUT2D eigenvalue weighted by Crippen LogP contribution is 2.27. The second-order valence-corrected chi connectivity index (χ2v) is 8.21. The number of fused-ring (bicyclic) bond motifs is 1. The van der Waals surface area contributed by atoms with E-state index < -0.39 is 0 Å². The highest BCUT2D eigenvalue weighted by atomic mass is 32.1. The molecule has 2 amide bonds. The second-order valence-electron chi connectivity index (χ2n) is 7.09. The number of pyridine rings is 1. The molecule has 0 saturated carbocycles. The molecule has 7 heteroatoms. The Morgan fingerprint density at radius 3 is 2.59 bits per heavy atom. The molecule has 0 aliphatic rings. The first-order valence-electron chi connectivity index (χ1n) is 9.95. The van der Waals surface area contributed by atoms with Crippen LogP contribution in [0.3, 0.4) is 0 Å². The summed E-state index contributed by atoms with van der Waals surface area (Å²) in [6, 6.07) is 18.6. The molecule has 4 aromatic rings. The van der Waals surface area contributed by atoms with Gasteiger partial charge in [0, 0.05) is 40.7 Å². The third-order valence-corrected chi connectivity index (χ3v) is 5.72. The first kappa shape index (κ1) is 21.3. The Morgan fingerprint density at radius 1 is 1.00 bits per heavy atom. The molecule has 0 spiro atoms. The van der Waals surface area contributed by atoms with Crippen LogP contribution in [0.2, 0.25) is 0 Å². The Balaban J connectivity index is 1.37. The predicted molar refractivity (Wildman–Crippen MR) is 128 cm³/mol. The predicted octanol–water partition coefficient (Wildman–Crippen LogP) is 5.41. The third-order valence-electron chi connectivity index (χ3n) is 4.64. The Labute approximate surface area is 189 Å². The number of anilines is 1. The van der Waals surface area contributed by atoms with Gasteiger partial charge >= 0.3 is 0 Å². The molecular formula is C25H21N3O3S. The van der Waals surface area contributed by atoms with Gasteiger partial charge in [-0.3, -0.25) is 14.6 Å². The minimum Gasteiger partial charge on any atom is -0.457 e. The van der Waals surface area contributed by atoms with Crippen molar-refractivity contribution in [2.24, 2.45) is 0 Å². The summed E-state index contributed by atoms with van der Waals surface area (Å²) in [5.74, 6) is 0.578. The van der Waals surface area contributed by atoms with Crippen molar-refractivity contribution >= 4 is 45.0 Å². The number of rotatable bonds is 6. The maximum absolute atomic E-state index is 12.3. The Morgan fingerprint density at radius 2 is 1.81 bits per heavy atom. The van der Waals surface area contributed by atoms with Crippen LogP contribution in [0.4, 0.5) is 5.69 Å². The van der Waals surface area contributed by atoms with Gasteiger partial charge in [-0.25, -0.2) is 0 Å². The molecule has 4 rings (SSSR count). The van der Waals surface area contributed by atoms with Crippen molar-refractivity contribution in [2.45, 2.75) is 6.92 Å². The van der Waals surface area contributed by atoms with Crippen LogP contribution in [0.5, 0.6) is 11.5 Å². The molecule has 160 valence electrons. The molecule has 0 bridgehead atoms. The van der Waals surface area contributed by atoms with E-state index in [-0.39, 0.29) is 17.5 Å². The number of carbonyl (C=O) groups is 2. The molecule has 0 fully saturated rings. The van der Waals surface area contributed by atoms with Gasteiger partial charge in [-0.1, -0.05) is 17.7 Å². The molecule has 32 heavy (non-hydrogen) atoms. The zero-order valence-electron chi connectivity index (χ0n) is 17.6. The number of nitrogens with one attached hydrogen (secondary N) is 2. The summed E-state index contributed by atoms with van der Waals surface area (Å²) in [4.78, 5) is 29.0. The molecule has 0 radical (unpaired) electrons. The van der Waals surface area contributed by atoms with Crippen LogP contribution in [-0.2, 0) is 4.79 Å². The fourth-order valence-electron chi connectivity index (χ4n) is 3.08. The quantitative estimate of drug-likeness (QED) is 0.391. The van der Waals surface area contributed by atoms with E-state index in [0.717, 1.165) is 4.88 Å². The SMILES string of the molecule is CNC(=O)c1cc(Oc2ccc(NC(=O)/C=C/c3cc4cc(C)ccc4s3)cc2)ccn1. The lowest BCUT2D eigenvalue weighted by atomic mass is 10.2. The molecule has 2 N–H and O–H groups in total. The van der Waals surface area contributed by atoms with Crippen molar-refractivity contribution in [3.05, 3.63) is 89.1 Å². The van der Waals surface area contributed by atoms with Gasteiger partial charge < -0.3 is 15.4 Å². The average molecular weight is 444 g/mol. The smallest absolute Gasteiger partial charge is 0.269 e. The standard InChI is InChI=1S/C25H21N3O3S/c1-16-3-9-23-17(13-16)14-21(32-23)8-10-24(29)28-18-4-6-19(7-5-18)31-20-11-12-27-22(15-20)25(30)26-2/h3-15H,1-2H3,(H,26,30)(H,28,29)/b10-8+. The molecule has 0 unspecified atom stereocenters. The minimum absolute atomic E-state index is 0.211. The Hall–Kier alpha value is -3.97. The monoisotopic (exact) mass is 443 g/mol. The van der Waals surface area contributed by atoms with Gasteiger partial charge in [0.25, 0.3) is 5.91 Å². The van der Waals surface area contributed by atoms with Gasteiger partial charge in [0.1, 0.15) is 17.2 Å². The van der Waals surface area contributed by atoms with Crippen LogP contribution in [0.15, 0.2) is 72.9 Å². The highest BCUT2D eigenvalue weighted by molar-refractivity contribution is 7.19. The molecule has 0 saturated heterocycles. The molecular weight excluding hydrogens is 422 g/mol. The summed E-state index contributed by atoms with van der Waals surface area (Å²) >= 11 is 1.65. The molecule has 2 aromatic heterocycles. The zero-order chi connectivity index (χ0) is 22.5. The molecule has 2 heterocycles.